The third-order valence-electron chi connectivity index (χ3n) is 14.4. The second kappa shape index (κ2) is 21.3. The Labute approximate surface area is 378 Å². The van der Waals surface area contributed by atoms with E-state index in [1.165, 1.54) is 21.1 Å². The van der Waals surface area contributed by atoms with Crippen LogP contribution in [0.1, 0.15) is 101 Å². The predicted molar refractivity (Wildman–Crippen MR) is 233 cm³/mol. The summed E-state index contributed by atoms with van der Waals surface area (Å²) in [6.45, 7) is 17.6. The van der Waals surface area contributed by atoms with Gasteiger partial charge in [0.25, 0.3) is 0 Å². The summed E-state index contributed by atoms with van der Waals surface area (Å²) in [5.41, 5.74) is -2.76. The standard InChI is InChI=1S/C46H75N5O13/c1-14-34-46(10,57)39(54)27(4)36(52)25(2)22-45(9,59-13)41(28(5)38(29(6)42(56)62-34)63-35-23-44(8,58-12)40(55)30(7)61-35)64-43-37(53)33(21-26(3)60-43)50(11)20-17-31-24-51(49-48-31)32-15-18-47-19-16-32/h15-16,18-19,24-30,33-35,37-41,43,53-55,57H,14,17,20-23H2,1-13H3/t25-,26-,27+,28+,29-,30+,33+,34-,35+,37-,38+,39-,40+,41-,43+,44-,45-,46-/m1/s1. The van der Waals surface area contributed by atoms with Crippen LogP contribution in [0.2, 0.25) is 0 Å². The molecule has 18 atom stereocenters. The first-order valence-electron chi connectivity index (χ1n) is 22.8. The zero-order valence-electron chi connectivity index (χ0n) is 40.0. The SMILES string of the molecule is CC[C@H]1OC(=O)[C@H](C)[C@@H](O[C@H]2C[C@@](C)(OC)[C@@H](O)[C@H](C)O2)[C@H](C)[C@@H](O[C@@H]2O[C@H](C)C[C@H](N(C)CCc3cn(-c4ccncc4)nn3)[C@H]2O)[C@](C)(OC)C[C@@H](C)C(=O)[C@H](C)[C@@H](O)[C@]1(C)O. The van der Waals surface area contributed by atoms with Crippen molar-refractivity contribution >= 4 is 11.8 Å². The molecule has 2 aromatic rings. The molecule has 5 rings (SSSR count). The van der Waals surface area contributed by atoms with Crippen LogP contribution in [0.3, 0.4) is 0 Å². The molecule has 0 bridgehead atoms. The maximum absolute atomic E-state index is 14.4. The first kappa shape index (κ1) is 52.0. The van der Waals surface area contributed by atoms with Crippen molar-refractivity contribution in [2.75, 3.05) is 27.8 Å². The van der Waals surface area contributed by atoms with Crippen molar-refractivity contribution in [2.24, 2.45) is 23.7 Å². The van der Waals surface area contributed by atoms with E-state index >= 15 is 0 Å². The van der Waals surface area contributed by atoms with Gasteiger partial charge in [0.1, 0.15) is 29.7 Å². The third kappa shape index (κ3) is 11.2. The van der Waals surface area contributed by atoms with Crippen molar-refractivity contribution in [2.45, 2.75) is 186 Å². The number of Topliss-reactive ketones (excluding diaryl/α,β-unsaturated/α-hetero) is 1. The number of pyridine rings is 1. The van der Waals surface area contributed by atoms with E-state index < -0.39 is 108 Å². The first-order chi connectivity index (χ1) is 30.0. The van der Waals surface area contributed by atoms with E-state index in [1.807, 2.05) is 39.2 Å². The highest BCUT2D eigenvalue weighted by molar-refractivity contribution is 5.83. The fourth-order valence-electron chi connectivity index (χ4n) is 10.0. The normalized spacial score (nSPS) is 42.0. The van der Waals surface area contributed by atoms with E-state index in [1.54, 1.807) is 65.5 Å². The highest BCUT2D eigenvalue weighted by Gasteiger charge is 2.54. The zero-order chi connectivity index (χ0) is 47.5. The molecule has 3 aliphatic rings. The monoisotopic (exact) mass is 906 g/mol. The first-order valence-corrected chi connectivity index (χ1v) is 22.8. The van der Waals surface area contributed by atoms with Crippen LogP contribution >= 0.6 is 0 Å². The van der Waals surface area contributed by atoms with Gasteiger partial charge < -0.3 is 58.5 Å². The number of rotatable bonds is 12. The number of esters is 1. The van der Waals surface area contributed by atoms with Gasteiger partial charge in [-0.1, -0.05) is 32.9 Å². The number of aromatic nitrogens is 4. The van der Waals surface area contributed by atoms with E-state index in [0.717, 1.165) is 11.4 Å². The molecule has 5 heterocycles. The topological polar surface area (TPSA) is 227 Å². The molecule has 3 saturated heterocycles. The van der Waals surface area contributed by atoms with Gasteiger partial charge in [-0.15, -0.1) is 5.10 Å². The quantitative estimate of drug-likeness (QED) is 0.225. The molecule has 2 aromatic heterocycles. The Bertz CT molecular complexity index is 1820. The molecular weight excluding hydrogens is 831 g/mol. The molecule has 0 aliphatic carbocycles. The smallest absolute Gasteiger partial charge is 0.311 e. The van der Waals surface area contributed by atoms with Crippen LogP contribution in [0.25, 0.3) is 5.69 Å². The minimum Gasteiger partial charge on any atom is -0.459 e. The van der Waals surface area contributed by atoms with Gasteiger partial charge in [0.2, 0.25) is 0 Å². The summed E-state index contributed by atoms with van der Waals surface area (Å²) in [6, 6.07) is 3.27. The van der Waals surface area contributed by atoms with Crippen LogP contribution in [0.4, 0.5) is 0 Å². The largest absolute Gasteiger partial charge is 0.459 e. The summed E-state index contributed by atoms with van der Waals surface area (Å²) in [5.74, 6) is -4.67. The molecule has 0 saturated carbocycles. The Morgan fingerprint density at radius 1 is 0.906 bits per heavy atom. The lowest BCUT2D eigenvalue weighted by molar-refractivity contribution is -0.319. The van der Waals surface area contributed by atoms with Gasteiger partial charge in [-0.25, -0.2) is 4.68 Å². The summed E-state index contributed by atoms with van der Waals surface area (Å²) in [6.07, 6.45) is -3.64. The van der Waals surface area contributed by atoms with Gasteiger partial charge in [0, 0.05) is 69.8 Å². The minimum absolute atomic E-state index is 0.0755. The number of ether oxygens (including phenoxy) is 7. The summed E-state index contributed by atoms with van der Waals surface area (Å²) in [7, 11) is 4.93. The summed E-state index contributed by atoms with van der Waals surface area (Å²) < 4.78 is 46.3. The Balaban J connectivity index is 1.51. The molecule has 0 aromatic carbocycles. The molecule has 64 heavy (non-hydrogen) atoms. The fraction of sp³-hybridized carbons (Fsp3) is 0.804. The Morgan fingerprint density at radius 2 is 1.56 bits per heavy atom. The molecule has 0 amide bonds. The second-order valence-corrected chi connectivity index (χ2v) is 19.3. The number of carbonyl (C=O) groups excluding carboxylic acids is 2. The lowest BCUT2D eigenvalue weighted by Gasteiger charge is -2.50. The number of aliphatic hydroxyl groups excluding tert-OH is 3. The van der Waals surface area contributed by atoms with Crippen LogP contribution in [0.5, 0.6) is 0 Å². The molecule has 3 aliphatic heterocycles. The van der Waals surface area contributed by atoms with Crippen molar-refractivity contribution in [1.29, 1.82) is 0 Å². The highest BCUT2D eigenvalue weighted by atomic mass is 16.7. The summed E-state index contributed by atoms with van der Waals surface area (Å²) in [5, 5.41) is 55.2. The molecule has 362 valence electrons. The molecule has 0 unspecified atom stereocenters. The third-order valence-corrected chi connectivity index (χ3v) is 14.4. The van der Waals surface area contributed by atoms with Crippen molar-refractivity contribution in [3.63, 3.8) is 0 Å². The average molecular weight is 906 g/mol. The van der Waals surface area contributed by atoms with E-state index in [2.05, 4.69) is 20.2 Å². The maximum atomic E-state index is 14.4. The van der Waals surface area contributed by atoms with E-state index in [9.17, 15) is 30.0 Å². The number of hydrogen-bond acceptors (Lipinski definition) is 17. The van der Waals surface area contributed by atoms with Gasteiger partial charge >= 0.3 is 5.97 Å². The zero-order valence-corrected chi connectivity index (χ0v) is 40.0. The lowest BCUT2D eigenvalue weighted by Crippen LogP contribution is -2.61. The Morgan fingerprint density at radius 3 is 2.19 bits per heavy atom. The van der Waals surface area contributed by atoms with Crippen molar-refractivity contribution in [1.82, 2.24) is 24.9 Å². The van der Waals surface area contributed by atoms with Crippen LogP contribution in [0.15, 0.2) is 30.7 Å². The number of nitrogens with zero attached hydrogens (tertiary/aromatic N) is 5. The molecule has 0 spiro atoms. The average Bonchev–Trinajstić information content (AvgIpc) is 3.76. The highest BCUT2D eigenvalue weighted by Crippen LogP contribution is 2.42. The van der Waals surface area contributed by atoms with Crippen LogP contribution in [0, 0.1) is 23.7 Å². The number of cyclic esters (lactones) is 1. The molecule has 18 heteroatoms. The number of aliphatic hydroxyl groups is 4. The van der Waals surface area contributed by atoms with Gasteiger partial charge in [-0.3, -0.25) is 14.6 Å². The number of methoxy groups -OCH3 is 2. The maximum Gasteiger partial charge on any atom is 0.311 e. The molecule has 0 radical (unpaired) electrons. The number of ketones is 1. The summed E-state index contributed by atoms with van der Waals surface area (Å²) >= 11 is 0. The van der Waals surface area contributed by atoms with Crippen LogP contribution < -0.4 is 0 Å². The van der Waals surface area contributed by atoms with Crippen LogP contribution in [-0.2, 0) is 49.2 Å². The van der Waals surface area contributed by atoms with E-state index in [4.69, 9.17) is 33.2 Å². The van der Waals surface area contributed by atoms with Gasteiger partial charge in [-0.05, 0) is 80.0 Å². The second-order valence-electron chi connectivity index (χ2n) is 19.3. The minimum atomic E-state index is -1.99. The molecule has 4 N–H and O–H groups in total. The summed E-state index contributed by atoms with van der Waals surface area (Å²) in [4.78, 5) is 34.7. The predicted octanol–water partition coefficient (Wildman–Crippen LogP) is 3.03. The Kier molecular flexibility index (Phi) is 17.3. The van der Waals surface area contributed by atoms with E-state index in [-0.39, 0.29) is 31.1 Å². The number of carbonyl (C=O) groups is 2. The number of likely N-dealkylation sites (N-methyl/N-ethyl adjacent to an activating group) is 1. The molecule has 3 fully saturated rings. The molecule has 18 nitrogen and oxygen atoms in total. The Hall–Kier alpha value is -3.01. The van der Waals surface area contributed by atoms with Gasteiger partial charge in [0.05, 0.1) is 65.2 Å². The van der Waals surface area contributed by atoms with Crippen molar-refractivity contribution in [3.05, 3.63) is 36.4 Å². The van der Waals surface area contributed by atoms with Gasteiger partial charge in [-0.2, -0.15) is 0 Å². The molecular formula is C46H75N5O13. The lowest BCUT2D eigenvalue weighted by atomic mass is 9.74. The van der Waals surface area contributed by atoms with Crippen molar-refractivity contribution < 1.29 is 63.2 Å². The van der Waals surface area contributed by atoms with E-state index in [0.29, 0.717) is 19.4 Å². The fourth-order valence-corrected chi connectivity index (χ4v) is 10.0. The van der Waals surface area contributed by atoms with Crippen molar-refractivity contribution in [3.8, 4) is 5.69 Å². The van der Waals surface area contributed by atoms with Crippen LogP contribution in [-0.4, -0.2) is 169 Å². The van der Waals surface area contributed by atoms with Gasteiger partial charge in [0.15, 0.2) is 12.6 Å². The number of hydrogen-bond donors (Lipinski definition) is 4.